The van der Waals surface area contributed by atoms with E-state index in [2.05, 4.69) is 12.2 Å². The van der Waals surface area contributed by atoms with Crippen LogP contribution in [0, 0.1) is 0 Å². The van der Waals surface area contributed by atoms with Gasteiger partial charge >= 0.3 is 5.97 Å². The second kappa shape index (κ2) is 10.4. The Kier molecular flexibility index (Phi) is 7.69. The molecule has 0 saturated heterocycles. The summed E-state index contributed by atoms with van der Waals surface area (Å²) < 4.78 is 11.0. The summed E-state index contributed by atoms with van der Waals surface area (Å²) in [6.45, 7) is 4.95. The highest BCUT2D eigenvalue weighted by Gasteiger charge is 2.27. The molecule has 29 heavy (non-hydrogen) atoms. The molecule has 0 unspecified atom stereocenters. The van der Waals surface area contributed by atoms with Crippen molar-refractivity contribution in [3.8, 4) is 5.75 Å². The predicted octanol–water partition coefficient (Wildman–Crippen LogP) is 5.62. The topological polar surface area (TPSA) is 64.6 Å². The van der Waals surface area contributed by atoms with Gasteiger partial charge in [0.25, 0.3) is 5.91 Å². The first-order chi connectivity index (χ1) is 14.1. The number of carbonyl (C=O) groups is 2. The molecule has 1 aliphatic rings. The van der Waals surface area contributed by atoms with Gasteiger partial charge in [-0.25, -0.2) is 4.79 Å². The number of rotatable bonds is 9. The summed E-state index contributed by atoms with van der Waals surface area (Å²) in [5, 5.41) is 3.54. The molecule has 5 nitrogen and oxygen atoms in total. The fourth-order valence-corrected chi connectivity index (χ4v) is 4.77. The highest BCUT2D eigenvalue weighted by atomic mass is 32.1. The van der Waals surface area contributed by atoms with Gasteiger partial charge in [-0.3, -0.25) is 4.79 Å². The van der Waals surface area contributed by atoms with Crippen molar-refractivity contribution in [1.82, 2.24) is 0 Å². The second-order valence-corrected chi connectivity index (χ2v) is 8.27. The summed E-state index contributed by atoms with van der Waals surface area (Å²) >= 11 is 1.50. The van der Waals surface area contributed by atoms with Gasteiger partial charge in [0.2, 0.25) is 0 Å². The molecule has 0 spiro atoms. The molecule has 1 aromatic carbocycles. The number of amides is 1. The fraction of sp³-hybridized carbons (Fsp3) is 0.478. The number of aryl methyl sites for hydroxylation is 1. The Hall–Kier alpha value is -2.34. The summed E-state index contributed by atoms with van der Waals surface area (Å²) in [6, 6.07) is 7.13. The molecule has 6 heteroatoms. The molecule has 0 saturated carbocycles. The normalized spacial score (nSPS) is 12.9. The number of carbonyl (C=O) groups excluding carboxylic acids is 2. The van der Waals surface area contributed by atoms with Crippen LogP contribution in [0.4, 0.5) is 5.00 Å². The lowest BCUT2D eigenvalue weighted by atomic mass is 9.95. The number of hydrogen-bond donors (Lipinski definition) is 1. The molecule has 3 rings (SSSR count). The van der Waals surface area contributed by atoms with Gasteiger partial charge in [-0.05, 0) is 68.9 Å². The van der Waals surface area contributed by atoms with E-state index in [-0.39, 0.29) is 11.9 Å². The lowest BCUT2D eigenvalue weighted by molar-refractivity contribution is 0.0526. The average Bonchev–Trinajstić information content (AvgIpc) is 3.09. The molecular formula is C23H29NO4S. The molecule has 0 bridgehead atoms. The van der Waals surface area contributed by atoms with Crippen LogP contribution in [0.25, 0.3) is 0 Å². The third-order valence-electron chi connectivity index (χ3n) is 5.01. The first-order valence-corrected chi connectivity index (χ1v) is 11.3. The van der Waals surface area contributed by atoms with E-state index < -0.39 is 0 Å². The highest BCUT2D eigenvalue weighted by Crippen LogP contribution is 2.38. The molecule has 156 valence electrons. The van der Waals surface area contributed by atoms with Crippen molar-refractivity contribution >= 4 is 28.2 Å². The van der Waals surface area contributed by atoms with Crippen LogP contribution < -0.4 is 10.1 Å². The van der Waals surface area contributed by atoms with Crippen molar-refractivity contribution in [3.05, 3.63) is 45.8 Å². The van der Waals surface area contributed by atoms with Gasteiger partial charge in [0.15, 0.2) is 0 Å². The minimum atomic E-state index is -0.349. The van der Waals surface area contributed by atoms with Crippen LogP contribution in [0.2, 0.25) is 0 Å². The molecule has 0 fully saturated rings. The number of thiophene rings is 1. The maximum atomic E-state index is 12.8. The molecule has 0 radical (unpaired) electrons. The number of fused-ring (bicyclic) bond motifs is 1. The van der Waals surface area contributed by atoms with Gasteiger partial charge in [0.1, 0.15) is 10.8 Å². The van der Waals surface area contributed by atoms with E-state index in [1.54, 1.807) is 19.1 Å². The van der Waals surface area contributed by atoms with Crippen LogP contribution in [-0.2, 0) is 17.6 Å². The zero-order valence-electron chi connectivity index (χ0n) is 17.2. The van der Waals surface area contributed by atoms with Gasteiger partial charge in [0, 0.05) is 10.4 Å². The standard InChI is InChI=1S/C23H29NO4S/c1-3-5-8-15-28-17-13-11-16(12-14-17)21(25)24-22-20(23(26)27-4-2)18-9-6-7-10-19(18)29-22/h11-14H,3-10,15H2,1-2H3,(H,24,25). The quantitative estimate of drug-likeness (QED) is 0.426. The summed E-state index contributed by atoms with van der Waals surface area (Å²) in [4.78, 5) is 26.5. The van der Waals surface area contributed by atoms with Gasteiger partial charge in [-0.2, -0.15) is 0 Å². The van der Waals surface area contributed by atoms with Crippen molar-refractivity contribution < 1.29 is 19.1 Å². The summed E-state index contributed by atoms with van der Waals surface area (Å²) in [7, 11) is 0. The monoisotopic (exact) mass is 415 g/mol. The summed E-state index contributed by atoms with van der Waals surface area (Å²) in [6.07, 6.45) is 7.31. The number of esters is 1. The molecule has 1 amide bonds. The van der Waals surface area contributed by atoms with Crippen LogP contribution in [-0.4, -0.2) is 25.1 Å². The average molecular weight is 416 g/mol. The minimum absolute atomic E-state index is 0.230. The molecule has 0 aliphatic heterocycles. The fourth-order valence-electron chi connectivity index (χ4n) is 3.49. The van der Waals surface area contributed by atoms with Crippen molar-refractivity contribution in [3.63, 3.8) is 0 Å². The van der Waals surface area contributed by atoms with Crippen molar-refractivity contribution in [2.45, 2.75) is 58.8 Å². The SMILES string of the molecule is CCCCCOc1ccc(C(=O)Nc2sc3c(c2C(=O)OCC)CCCC3)cc1. The van der Waals surface area contributed by atoms with Crippen molar-refractivity contribution in [1.29, 1.82) is 0 Å². The molecule has 2 aromatic rings. The molecule has 1 heterocycles. The summed E-state index contributed by atoms with van der Waals surface area (Å²) in [5.41, 5.74) is 2.12. The van der Waals surface area contributed by atoms with Crippen LogP contribution in [0.15, 0.2) is 24.3 Å². The van der Waals surface area contributed by atoms with E-state index in [0.29, 0.717) is 29.3 Å². The maximum absolute atomic E-state index is 12.8. The second-order valence-electron chi connectivity index (χ2n) is 7.17. The molecule has 1 aliphatic carbocycles. The highest BCUT2D eigenvalue weighted by molar-refractivity contribution is 7.17. The maximum Gasteiger partial charge on any atom is 0.341 e. The lowest BCUT2D eigenvalue weighted by Gasteiger charge is -2.12. The van der Waals surface area contributed by atoms with Gasteiger partial charge in [-0.15, -0.1) is 11.3 Å². The first-order valence-electron chi connectivity index (χ1n) is 10.5. The molecule has 1 aromatic heterocycles. The smallest absolute Gasteiger partial charge is 0.341 e. The van der Waals surface area contributed by atoms with Crippen LogP contribution >= 0.6 is 11.3 Å². The van der Waals surface area contributed by atoms with Crippen LogP contribution in [0.3, 0.4) is 0 Å². The molecule has 1 N–H and O–H groups in total. The van der Waals surface area contributed by atoms with E-state index in [4.69, 9.17) is 9.47 Å². The Labute approximate surface area is 176 Å². The lowest BCUT2D eigenvalue weighted by Crippen LogP contribution is -2.15. The molecule has 0 atom stereocenters. The minimum Gasteiger partial charge on any atom is -0.494 e. The Bertz CT molecular complexity index is 841. The number of ether oxygens (including phenoxy) is 2. The third kappa shape index (κ3) is 5.38. The van der Waals surface area contributed by atoms with Gasteiger partial charge in [-0.1, -0.05) is 19.8 Å². The van der Waals surface area contributed by atoms with Gasteiger partial charge in [0.05, 0.1) is 18.8 Å². The zero-order valence-corrected chi connectivity index (χ0v) is 18.0. The Balaban J connectivity index is 1.71. The van der Waals surface area contributed by atoms with E-state index in [1.807, 2.05) is 12.1 Å². The number of nitrogens with one attached hydrogen (secondary N) is 1. The predicted molar refractivity (Wildman–Crippen MR) is 116 cm³/mol. The number of hydrogen-bond acceptors (Lipinski definition) is 5. The number of benzene rings is 1. The molecular weight excluding hydrogens is 386 g/mol. The van der Waals surface area contributed by atoms with E-state index in [9.17, 15) is 9.59 Å². The van der Waals surface area contributed by atoms with E-state index >= 15 is 0 Å². The number of unbranched alkanes of at least 4 members (excludes halogenated alkanes) is 2. The third-order valence-corrected chi connectivity index (χ3v) is 6.22. The summed E-state index contributed by atoms with van der Waals surface area (Å²) in [5.74, 6) is 0.182. The zero-order chi connectivity index (χ0) is 20.6. The Morgan fingerprint density at radius 1 is 1.07 bits per heavy atom. The Morgan fingerprint density at radius 3 is 2.55 bits per heavy atom. The van der Waals surface area contributed by atoms with Crippen LogP contribution in [0.1, 0.15) is 77.1 Å². The first kappa shape index (κ1) is 21.4. The van der Waals surface area contributed by atoms with E-state index in [1.165, 1.54) is 16.2 Å². The largest absolute Gasteiger partial charge is 0.494 e. The van der Waals surface area contributed by atoms with E-state index in [0.717, 1.165) is 56.3 Å². The van der Waals surface area contributed by atoms with Crippen LogP contribution in [0.5, 0.6) is 5.75 Å². The van der Waals surface area contributed by atoms with Crippen molar-refractivity contribution in [2.75, 3.05) is 18.5 Å². The van der Waals surface area contributed by atoms with Crippen molar-refractivity contribution in [2.24, 2.45) is 0 Å². The Morgan fingerprint density at radius 2 is 1.83 bits per heavy atom. The van der Waals surface area contributed by atoms with Gasteiger partial charge < -0.3 is 14.8 Å². The number of anilines is 1.